The summed E-state index contributed by atoms with van der Waals surface area (Å²) in [6.45, 7) is 8.05. The van der Waals surface area contributed by atoms with Crippen LogP contribution in [0.4, 0.5) is 0 Å². The lowest BCUT2D eigenvalue weighted by atomic mass is 9.89. The van der Waals surface area contributed by atoms with Crippen molar-refractivity contribution in [2.45, 2.75) is 47.3 Å². The summed E-state index contributed by atoms with van der Waals surface area (Å²) in [5, 5.41) is 2.94. The van der Waals surface area contributed by atoms with Crippen LogP contribution in [0.1, 0.15) is 45.2 Å². The molecule has 0 spiro atoms. The topological polar surface area (TPSA) is 55.4 Å². The SMILES string of the molecule is CCC(C)(C)C(=O)NCc1ccc(COC(C)=O)cc1. The molecule has 1 N–H and O–H groups in total. The molecule has 1 amide bonds. The minimum Gasteiger partial charge on any atom is -0.461 e. The predicted molar refractivity (Wildman–Crippen MR) is 77.8 cm³/mol. The molecule has 0 radical (unpaired) electrons. The molecule has 4 nitrogen and oxygen atoms in total. The van der Waals surface area contributed by atoms with E-state index in [9.17, 15) is 9.59 Å². The van der Waals surface area contributed by atoms with Crippen LogP contribution >= 0.6 is 0 Å². The van der Waals surface area contributed by atoms with E-state index in [1.807, 2.05) is 45.0 Å². The third-order valence-electron chi connectivity index (χ3n) is 3.42. The van der Waals surface area contributed by atoms with Gasteiger partial charge >= 0.3 is 5.97 Å². The van der Waals surface area contributed by atoms with Crippen molar-refractivity contribution in [1.82, 2.24) is 5.32 Å². The number of ether oxygens (including phenoxy) is 1. The molecule has 20 heavy (non-hydrogen) atoms. The summed E-state index contributed by atoms with van der Waals surface area (Å²) in [6, 6.07) is 7.65. The fraction of sp³-hybridized carbons (Fsp3) is 0.500. The van der Waals surface area contributed by atoms with Crippen LogP contribution in [0.15, 0.2) is 24.3 Å². The van der Waals surface area contributed by atoms with E-state index in [4.69, 9.17) is 4.74 Å². The van der Waals surface area contributed by atoms with Gasteiger partial charge < -0.3 is 10.1 Å². The molecular weight excluding hydrogens is 254 g/mol. The van der Waals surface area contributed by atoms with E-state index in [1.165, 1.54) is 6.92 Å². The van der Waals surface area contributed by atoms with Gasteiger partial charge in [-0.05, 0) is 17.5 Å². The maximum absolute atomic E-state index is 11.9. The highest BCUT2D eigenvalue weighted by Gasteiger charge is 2.24. The Balaban J connectivity index is 2.50. The molecule has 110 valence electrons. The van der Waals surface area contributed by atoms with Crippen molar-refractivity contribution in [3.63, 3.8) is 0 Å². The van der Waals surface area contributed by atoms with Crippen molar-refractivity contribution in [3.8, 4) is 0 Å². The first-order valence-electron chi connectivity index (χ1n) is 6.84. The van der Waals surface area contributed by atoms with E-state index in [0.717, 1.165) is 17.5 Å². The van der Waals surface area contributed by atoms with Gasteiger partial charge in [0.2, 0.25) is 5.91 Å². The molecule has 1 aromatic carbocycles. The monoisotopic (exact) mass is 277 g/mol. The zero-order valence-corrected chi connectivity index (χ0v) is 12.7. The van der Waals surface area contributed by atoms with Gasteiger partial charge in [-0.1, -0.05) is 45.0 Å². The minimum atomic E-state index is -0.338. The maximum atomic E-state index is 11.9. The molecule has 0 bridgehead atoms. The van der Waals surface area contributed by atoms with Gasteiger partial charge in [-0.15, -0.1) is 0 Å². The Morgan fingerprint density at radius 3 is 2.20 bits per heavy atom. The fourth-order valence-electron chi connectivity index (χ4n) is 1.52. The summed E-state index contributed by atoms with van der Waals surface area (Å²) in [5.74, 6) is -0.230. The number of benzene rings is 1. The number of esters is 1. The molecule has 4 heteroatoms. The molecular formula is C16H23NO3. The Hall–Kier alpha value is -1.84. The average Bonchev–Trinajstić information content (AvgIpc) is 2.43. The zero-order chi connectivity index (χ0) is 15.2. The third kappa shape index (κ3) is 5.03. The second-order valence-corrected chi connectivity index (χ2v) is 5.52. The Morgan fingerprint density at radius 1 is 1.15 bits per heavy atom. The van der Waals surface area contributed by atoms with Crippen molar-refractivity contribution in [2.75, 3.05) is 0 Å². The van der Waals surface area contributed by atoms with Gasteiger partial charge in [-0.25, -0.2) is 0 Å². The molecule has 0 atom stereocenters. The lowest BCUT2D eigenvalue weighted by molar-refractivity contribution is -0.142. The maximum Gasteiger partial charge on any atom is 0.302 e. The van der Waals surface area contributed by atoms with Gasteiger partial charge in [-0.3, -0.25) is 9.59 Å². The van der Waals surface area contributed by atoms with Crippen molar-refractivity contribution >= 4 is 11.9 Å². The van der Waals surface area contributed by atoms with Crippen LogP contribution in [-0.2, 0) is 27.5 Å². The van der Waals surface area contributed by atoms with Crippen molar-refractivity contribution in [1.29, 1.82) is 0 Å². The second-order valence-electron chi connectivity index (χ2n) is 5.52. The highest BCUT2D eigenvalue weighted by atomic mass is 16.5. The van der Waals surface area contributed by atoms with E-state index in [2.05, 4.69) is 5.32 Å². The van der Waals surface area contributed by atoms with Gasteiger partial charge in [0, 0.05) is 18.9 Å². The first kappa shape index (κ1) is 16.2. The molecule has 0 fully saturated rings. The van der Waals surface area contributed by atoms with E-state index in [0.29, 0.717) is 6.54 Å². The predicted octanol–water partition coefficient (Wildman–Crippen LogP) is 2.80. The van der Waals surface area contributed by atoms with Crippen LogP contribution in [-0.4, -0.2) is 11.9 Å². The molecule has 1 aromatic rings. The molecule has 0 aliphatic rings. The molecule has 1 rings (SSSR count). The smallest absolute Gasteiger partial charge is 0.302 e. The lowest BCUT2D eigenvalue weighted by Gasteiger charge is -2.21. The van der Waals surface area contributed by atoms with E-state index in [-0.39, 0.29) is 23.9 Å². The van der Waals surface area contributed by atoms with Gasteiger partial charge in [0.25, 0.3) is 0 Å². The van der Waals surface area contributed by atoms with Crippen LogP contribution < -0.4 is 5.32 Å². The Bertz CT molecular complexity index is 463. The van der Waals surface area contributed by atoms with Crippen LogP contribution in [0, 0.1) is 5.41 Å². The van der Waals surface area contributed by atoms with Crippen LogP contribution in [0.25, 0.3) is 0 Å². The fourth-order valence-corrected chi connectivity index (χ4v) is 1.52. The number of hydrogen-bond donors (Lipinski definition) is 1. The number of amides is 1. The van der Waals surface area contributed by atoms with Crippen molar-refractivity contribution < 1.29 is 14.3 Å². The number of carbonyl (C=O) groups is 2. The van der Waals surface area contributed by atoms with E-state index < -0.39 is 0 Å². The summed E-state index contributed by atoms with van der Waals surface area (Å²) in [5.41, 5.74) is 1.62. The average molecular weight is 277 g/mol. The van der Waals surface area contributed by atoms with Crippen LogP contribution in [0.5, 0.6) is 0 Å². The molecule has 0 unspecified atom stereocenters. The Morgan fingerprint density at radius 2 is 1.70 bits per heavy atom. The first-order valence-corrected chi connectivity index (χ1v) is 6.84. The number of hydrogen-bond acceptors (Lipinski definition) is 3. The quantitative estimate of drug-likeness (QED) is 0.813. The number of carbonyl (C=O) groups excluding carboxylic acids is 2. The Labute approximate surface area is 120 Å². The molecule has 0 saturated carbocycles. The molecule has 0 saturated heterocycles. The van der Waals surface area contributed by atoms with E-state index in [1.54, 1.807) is 0 Å². The summed E-state index contributed by atoms with van der Waals surface area (Å²) in [4.78, 5) is 22.7. The molecule has 0 aliphatic heterocycles. The standard InChI is InChI=1S/C16H23NO3/c1-5-16(3,4)15(19)17-10-13-6-8-14(9-7-13)11-20-12(2)18/h6-9H,5,10-11H2,1-4H3,(H,17,19). The summed E-state index contributed by atoms with van der Waals surface area (Å²) < 4.78 is 4.92. The van der Waals surface area contributed by atoms with Crippen molar-refractivity contribution in [3.05, 3.63) is 35.4 Å². The normalized spacial score (nSPS) is 11.0. The van der Waals surface area contributed by atoms with Gasteiger partial charge in [-0.2, -0.15) is 0 Å². The van der Waals surface area contributed by atoms with Gasteiger partial charge in [0.1, 0.15) is 6.61 Å². The van der Waals surface area contributed by atoms with Crippen LogP contribution in [0.3, 0.4) is 0 Å². The molecule has 0 aliphatic carbocycles. The number of rotatable bonds is 6. The lowest BCUT2D eigenvalue weighted by Crippen LogP contribution is -2.35. The summed E-state index contributed by atoms with van der Waals surface area (Å²) in [7, 11) is 0. The zero-order valence-electron chi connectivity index (χ0n) is 12.7. The van der Waals surface area contributed by atoms with E-state index >= 15 is 0 Å². The third-order valence-corrected chi connectivity index (χ3v) is 3.42. The molecule has 0 aromatic heterocycles. The Kier molecular flexibility index (Phi) is 5.74. The van der Waals surface area contributed by atoms with Crippen LogP contribution in [0.2, 0.25) is 0 Å². The number of nitrogens with one attached hydrogen (secondary N) is 1. The van der Waals surface area contributed by atoms with Gasteiger partial charge in [0.15, 0.2) is 0 Å². The van der Waals surface area contributed by atoms with Crippen molar-refractivity contribution in [2.24, 2.45) is 5.41 Å². The first-order chi connectivity index (χ1) is 9.35. The largest absolute Gasteiger partial charge is 0.461 e. The second kappa shape index (κ2) is 7.08. The summed E-state index contributed by atoms with van der Waals surface area (Å²) in [6.07, 6.45) is 0.806. The highest BCUT2D eigenvalue weighted by Crippen LogP contribution is 2.19. The molecule has 0 heterocycles. The van der Waals surface area contributed by atoms with Gasteiger partial charge in [0.05, 0.1) is 0 Å². The summed E-state index contributed by atoms with van der Waals surface area (Å²) >= 11 is 0. The minimum absolute atomic E-state index is 0.0592. The highest BCUT2D eigenvalue weighted by molar-refractivity contribution is 5.81.